The van der Waals surface area contributed by atoms with Gasteiger partial charge in [0.05, 0.1) is 19.9 Å². The number of hydrogen-bond donors (Lipinski definition) is 1. The van der Waals surface area contributed by atoms with Gasteiger partial charge in [0.1, 0.15) is 11.4 Å². The van der Waals surface area contributed by atoms with Crippen LogP contribution in [-0.4, -0.2) is 29.5 Å². The summed E-state index contributed by atoms with van der Waals surface area (Å²) in [6.45, 7) is 0.770. The molecule has 1 N–H and O–H groups in total. The largest absolute Gasteiger partial charge is 0.494 e. The van der Waals surface area contributed by atoms with Crippen molar-refractivity contribution in [3.05, 3.63) is 78.9 Å². The maximum absolute atomic E-state index is 12.6. The number of nitrogens with one attached hydrogen (secondary N) is 1. The minimum atomic E-state index is -0.149. The summed E-state index contributed by atoms with van der Waals surface area (Å²) < 4.78 is 5.25. The first-order valence-electron chi connectivity index (χ1n) is 8.23. The molecule has 0 fully saturated rings. The van der Waals surface area contributed by atoms with Crippen molar-refractivity contribution in [1.29, 1.82) is 0 Å². The third kappa shape index (κ3) is 4.57. The Balaban J connectivity index is 1.75. The van der Waals surface area contributed by atoms with Gasteiger partial charge in [-0.3, -0.25) is 14.8 Å². The van der Waals surface area contributed by atoms with Gasteiger partial charge >= 0.3 is 0 Å². The lowest BCUT2D eigenvalue weighted by Crippen LogP contribution is -2.33. The Morgan fingerprint density at radius 1 is 1.04 bits per heavy atom. The van der Waals surface area contributed by atoms with Gasteiger partial charge in [-0.25, -0.2) is 0 Å². The van der Waals surface area contributed by atoms with E-state index in [1.807, 2.05) is 47.4 Å². The Kier molecular flexibility index (Phi) is 5.77. The number of methoxy groups -OCH3 is 1. The van der Waals surface area contributed by atoms with Crippen LogP contribution < -0.4 is 15.0 Å². The van der Waals surface area contributed by atoms with Crippen LogP contribution in [0.15, 0.2) is 73.3 Å². The van der Waals surface area contributed by atoms with Crippen molar-refractivity contribution in [2.45, 2.75) is 6.54 Å². The highest BCUT2D eigenvalue weighted by molar-refractivity contribution is 5.95. The highest BCUT2D eigenvalue weighted by Crippen LogP contribution is 2.22. The quantitative estimate of drug-likeness (QED) is 0.710. The smallest absolute Gasteiger partial charge is 0.244 e. The number of rotatable bonds is 7. The molecule has 3 aromatic rings. The minimum Gasteiger partial charge on any atom is -0.494 e. The molecule has 6 nitrogen and oxygen atoms in total. The number of pyridine rings is 2. The van der Waals surface area contributed by atoms with Crippen molar-refractivity contribution >= 4 is 17.3 Å². The number of benzene rings is 1. The van der Waals surface area contributed by atoms with Crippen LogP contribution in [0.1, 0.15) is 5.56 Å². The van der Waals surface area contributed by atoms with Gasteiger partial charge in [0.2, 0.25) is 5.91 Å². The number of carbonyl (C=O) groups is 1. The molecule has 132 valence electrons. The molecule has 6 heteroatoms. The molecule has 1 amide bonds. The molecule has 2 heterocycles. The van der Waals surface area contributed by atoms with Gasteiger partial charge in [-0.1, -0.05) is 24.3 Å². The third-order valence-electron chi connectivity index (χ3n) is 3.83. The van der Waals surface area contributed by atoms with E-state index in [9.17, 15) is 4.79 Å². The summed E-state index contributed by atoms with van der Waals surface area (Å²) in [5.41, 5.74) is 2.54. The zero-order valence-corrected chi connectivity index (χ0v) is 14.5. The number of aromatic nitrogens is 2. The Labute approximate surface area is 152 Å². The van der Waals surface area contributed by atoms with E-state index < -0.39 is 0 Å². The fourth-order valence-electron chi connectivity index (χ4n) is 2.61. The molecule has 26 heavy (non-hydrogen) atoms. The van der Waals surface area contributed by atoms with E-state index in [2.05, 4.69) is 15.3 Å². The number of amides is 1. The van der Waals surface area contributed by atoms with Crippen molar-refractivity contribution in [1.82, 2.24) is 9.97 Å². The molecule has 0 radical (unpaired) electrons. The minimum absolute atomic E-state index is 0.149. The fourth-order valence-corrected chi connectivity index (χ4v) is 2.61. The van der Waals surface area contributed by atoms with E-state index in [0.717, 1.165) is 11.3 Å². The maximum atomic E-state index is 12.6. The Morgan fingerprint density at radius 2 is 1.85 bits per heavy atom. The number of carbonyl (C=O) groups excluding carboxylic acids is 1. The molecule has 0 spiro atoms. The molecule has 1 aromatic carbocycles. The summed E-state index contributed by atoms with van der Waals surface area (Å²) in [5.74, 6) is 0.427. The van der Waals surface area contributed by atoms with Gasteiger partial charge in [-0.15, -0.1) is 0 Å². The van der Waals surface area contributed by atoms with E-state index >= 15 is 0 Å². The second-order valence-corrected chi connectivity index (χ2v) is 5.68. The lowest BCUT2D eigenvalue weighted by atomic mass is 10.2. The topological polar surface area (TPSA) is 67.3 Å². The van der Waals surface area contributed by atoms with Gasteiger partial charge in [0.15, 0.2) is 0 Å². The van der Waals surface area contributed by atoms with Crippen molar-refractivity contribution < 1.29 is 9.53 Å². The number of hydrogen-bond acceptors (Lipinski definition) is 5. The van der Waals surface area contributed by atoms with Crippen LogP contribution in [0.4, 0.5) is 11.4 Å². The van der Waals surface area contributed by atoms with E-state index in [0.29, 0.717) is 18.0 Å². The van der Waals surface area contributed by atoms with Crippen molar-refractivity contribution in [3.63, 3.8) is 0 Å². The molecular weight excluding hydrogens is 328 g/mol. The predicted molar refractivity (Wildman–Crippen MR) is 101 cm³/mol. The Hall–Kier alpha value is -3.41. The van der Waals surface area contributed by atoms with Crippen LogP contribution in [0.5, 0.6) is 5.75 Å². The monoisotopic (exact) mass is 348 g/mol. The molecular formula is C20H20N4O2. The number of para-hydroxylation sites is 1. The first-order chi connectivity index (χ1) is 12.8. The lowest BCUT2D eigenvalue weighted by Gasteiger charge is -2.24. The standard InChI is InChI=1S/C20H20N4O2/c1-26-19-9-11-22-13-18(19)23-20(25)15-24(17-7-3-2-4-8-17)14-16-6-5-10-21-12-16/h2-13H,14-15H2,1H3,(H,23,25). The molecule has 0 bridgehead atoms. The fraction of sp³-hybridized carbons (Fsp3) is 0.150. The van der Waals surface area contributed by atoms with E-state index in [4.69, 9.17) is 4.74 Å². The van der Waals surface area contributed by atoms with Gasteiger partial charge in [0.25, 0.3) is 0 Å². The molecule has 0 aliphatic carbocycles. The predicted octanol–water partition coefficient (Wildman–Crippen LogP) is 3.13. The van der Waals surface area contributed by atoms with Crippen LogP contribution in [0.3, 0.4) is 0 Å². The van der Waals surface area contributed by atoms with Crippen molar-refractivity contribution in [2.75, 3.05) is 23.9 Å². The first kappa shape index (κ1) is 17.4. The number of anilines is 2. The maximum Gasteiger partial charge on any atom is 0.244 e. The average molecular weight is 348 g/mol. The highest BCUT2D eigenvalue weighted by atomic mass is 16.5. The first-order valence-corrected chi connectivity index (χ1v) is 8.23. The molecule has 3 rings (SSSR count). The molecule has 0 saturated heterocycles. The summed E-state index contributed by atoms with van der Waals surface area (Å²) in [6.07, 6.45) is 6.73. The van der Waals surface area contributed by atoms with Gasteiger partial charge in [-0.05, 0) is 23.8 Å². The molecule has 2 aromatic heterocycles. The Morgan fingerprint density at radius 3 is 2.58 bits per heavy atom. The van der Waals surface area contributed by atoms with Gasteiger partial charge < -0.3 is 15.0 Å². The van der Waals surface area contributed by atoms with E-state index in [-0.39, 0.29) is 12.5 Å². The molecule has 0 aliphatic heterocycles. The van der Waals surface area contributed by atoms with Crippen molar-refractivity contribution in [3.8, 4) is 5.75 Å². The van der Waals surface area contributed by atoms with Crippen LogP contribution in [0.25, 0.3) is 0 Å². The van der Waals surface area contributed by atoms with E-state index in [1.165, 1.54) is 0 Å². The Bertz CT molecular complexity index is 841. The lowest BCUT2D eigenvalue weighted by molar-refractivity contribution is -0.115. The normalized spacial score (nSPS) is 10.2. The van der Waals surface area contributed by atoms with Crippen LogP contribution in [0, 0.1) is 0 Å². The zero-order chi connectivity index (χ0) is 18.2. The van der Waals surface area contributed by atoms with Crippen LogP contribution >= 0.6 is 0 Å². The van der Waals surface area contributed by atoms with Crippen LogP contribution in [-0.2, 0) is 11.3 Å². The summed E-state index contributed by atoms with van der Waals surface area (Å²) in [5, 5.41) is 2.86. The molecule has 0 saturated carbocycles. The summed E-state index contributed by atoms with van der Waals surface area (Å²) in [6, 6.07) is 15.4. The number of ether oxygens (including phenoxy) is 1. The second kappa shape index (κ2) is 8.62. The van der Waals surface area contributed by atoms with Crippen LogP contribution in [0.2, 0.25) is 0 Å². The second-order valence-electron chi connectivity index (χ2n) is 5.68. The van der Waals surface area contributed by atoms with E-state index in [1.54, 1.807) is 38.0 Å². The number of nitrogens with zero attached hydrogens (tertiary/aromatic N) is 3. The SMILES string of the molecule is COc1ccncc1NC(=O)CN(Cc1cccnc1)c1ccccc1. The molecule has 0 atom stereocenters. The summed E-state index contributed by atoms with van der Waals surface area (Å²) in [4.78, 5) is 22.8. The summed E-state index contributed by atoms with van der Waals surface area (Å²) >= 11 is 0. The van der Waals surface area contributed by atoms with Gasteiger partial charge in [0, 0.05) is 36.9 Å². The molecule has 0 unspecified atom stereocenters. The van der Waals surface area contributed by atoms with Gasteiger partial charge in [-0.2, -0.15) is 0 Å². The third-order valence-corrected chi connectivity index (χ3v) is 3.83. The summed E-state index contributed by atoms with van der Waals surface area (Å²) in [7, 11) is 1.56. The molecule has 0 aliphatic rings. The average Bonchev–Trinajstić information content (AvgIpc) is 2.69. The highest BCUT2D eigenvalue weighted by Gasteiger charge is 2.14. The zero-order valence-electron chi connectivity index (χ0n) is 14.5. The van der Waals surface area contributed by atoms with Crippen molar-refractivity contribution in [2.24, 2.45) is 0 Å².